The van der Waals surface area contributed by atoms with Gasteiger partial charge >= 0.3 is 0 Å². The van der Waals surface area contributed by atoms with Gasteiger partial charge in [0.15, 0.2) is 0 Å². The van der Waals surface area contributed by atoms with E-state index in [1.165, 1.54) is 98.7 Å². The molecule has 0 heterocycles. The van der Waals surface area contributed by atoms with Crippen LogP contribution in [0.3, 0.4) is 0 Å². The second kappa shape index (κ2) is 10.5. The van der Waals surface area contributed by atoms with Gasteiger partial charge < -0.3 is 0 Å². The van der Waals surface area contributed by atoms with E-state index in [-0.39, 0.29) is 5.41 Å². The lowest BCUT2D eigenvalue weighted by atomic mass is 9.76. The Bertz CT molecular complexity index is 2720. The summed E-state index contributed by atoms with van der Waals surface area (Å²) in [5, 5.41) is 10.3. The summed E-state index contributed by atoms with van der Waals surface area (Å²) in [6, 6.07) is 63.0. The van der Waals surface area contributed by atoms with Gasteiger partial charge in [-0.15, -0.1) is 0 Å². The molecule has 0 aliphatic heterocycles. The number of hydrogen-bond acceptors (Lipinski definition) is 0. The average Bonchev–Trinajstić information content (AvgIpc) is 3.40. The van der Waals surface area contributed by atoms with Gasteiger partial charge in [-0.1, -0.05) is 172 Å². The predicted molar refractivity (Wildman–Crippen MR) is 210 cm³/mol. The first-order chi connectivity index (χ1) is 24.1. The van der Waals surface area contributed by atoms with Crippen molar-refractivity contribution in [1.29, 1.82) is 0 Å². The summed E-state index contributed by atoms with van der Waals surface area (Å²) in [5.74, 6) is 0. The van der Waals surface area contributed by atoms with Gasteiger partial charge in [-0.3, -0.25) is 0 Å². The van der Waals surface area contributed by atoms with Crippen molar-refractivity contribution in [3.63, 3.8) is 0 Å². The molecular formula is C49H34. The molecule has 0 N–H and O–H groups in total. The Morgan fingerprint density at radius 2 is 0.816 bits per heavy atom. The zero-order valence-electron chi connectivity index (χ0n) is 27.7. The Kier molecular flexibility index (Phi) is 6.02. The van der Waals surface area contributed by atoms with Crippen LogP contribution in [0.1, 0.15) is 25.0 Å². The highest BCUT2D eigenvalue weighted by Gasteiger charge is 2.39. The molecule has 49 heavy (non-hydrogen) atoms. The molecule has 0 saturated heterocycles. The van der Waals surface area contributed by atoms with Crippen LogP contribution in [-0.2, 0) is 5.41 Å². The normalized spacial score (nSPS) is 13.3. The Hall–Kier alpha value is -5.98. The summed E-state index contributed by atoms with van der Waals surface area (Å²) < 4.78 is 0. The lowest BCUT2D eigenvalue weighted by molar-refractivity contribution is 0.668. The van der Waals surface area contributed by atoms with Crippen LogP contribution in [-0.4, -0.2) is 0 Å². The molecule has 0 fully saturated rings. The fraction of sp³-hybridized carbons (Fsp3) is 0.0612. The van der Waals surface area contributed by atoms with Gasteiger partial charge in [0, 0.05) is 5.41 Å². The van der Waals surface area contributed by atoms with E-state index in [1.807, 2.05) is 0 Å². The molecule has 0 unspecified atom stereocenters. The first kappa shape index (κ1) is 28.1. The first-order valence-corrected chi connectivity index (χ1v) is 17.3. The minimum atomic E-state index is -0.167. The van der Waals surface area contributed by atoms with Crippen LogP contribution in [0.4, 0.5) is 0 Å². The second-order valence-corrected chi connectivity index (χ2v) is 14.0. The zero-order chi connectivity index (χ0) is 32.7. The van der Waals surface area contributed by atoms with E-state index in [2.05, 4.69) is 184 Å². The SMILES string of the molecule is CC1(C)c2c(cccc2-c2c3ccccc3c(-c3ccc4cc(-c5ccccc5)ccc4c3)c3ccccc23)-c2ccc3ccccc3c21. The van der Waals surface area contributed by atoms with Crippen molar-refractivity contribution < 1.29 is 0 Å². The van der Waals surface area contributed by atoms with Gasteiger partial charge in [0.2, 0.25) is 0 Å². The highest BCUT2D eigenvalue weighted by molar-refractivity contribution is 6.22. The molecule has 230 valence electrons. The predicted octanol–water partition coefficient (Wildman–Crippen LogP) is 13.6. The van der Waals surface area contributed by atoms with E-state index in [4.69, 9.17) is 0 Å². The second-order valence-electron chi connectivity index (χ2n) is 14.0. The molecule has 0 spiro atoms. The average molecular weight is 623 g/mol. The first-order valence-electron chi connectivity index (χ1n) is 17.3. The molecule has 9 aromatic rings. The lowest BCUT2D eigenvalue weighted by Crippen LogP contribution is -2.17. The standard InChI is InChI=1S/C49H34/c1-49(2)47-37-16-7-6-15-32(37)27-28-43(47)42-21-12-22-44(48(42)49)46-40-19-10-8-17-38(40)45(39-18-9-11-20-41(39)46)36-26-25-34-29-33(23-24-35(34)30-36)31-13-4-3-5-14-31/h3-30H,1-2H3. The van der Waals surface area contributed by atoms with Crippen LogP contribution in [0.15, 0.2) is 170 Å². The fourth-order valence-corrected chi connectivity index (χ4v) is 8.89. The van der Waals surface area contributed by atoms with Gasteiger partial charge in [-0.2, -0.15) is 0 Å². The van der Waals surface area contributed by atoms with Crippen molar-refractivity contribution in [2.45, 2.75) is 19.3 Å². The molecule has 0 atom stereocenters. The van der Waals surface area contributed by atoms with Crippen molar-refractivity contribution in [2.75, 3.05) is 0 Å². The summed E-state index contributed by atoms with van der Waals surface area (Å²) in [6.45, 7) is 4.84. The minimum Gasteiger partial charge on any atom is -0.0622 e. The maximum atomic E-state index is 2.42. The van der Waals surface area contributed by atoms with Crippen LogP contribution in [0.2, 0.25) is 0 Å². The summed E-state index contributed by atoms with van der Waals surface area (Å²) in [4.78, 5) is 0. The highest BCUT2D eigenvalue weighted by Crippen LogP contribution is 2.56. The van der Waals surface area contributed by atoms with Gasteiger partial charge in [0.1, 0.15) is 0 Å². The summed E-state index contributed by atoms with van der Waals surface area (Å²) >= 11 is 0. The van der Waals surface area contributed by atoms with Crippen LogP contribution in [0.5, 0.6) is 0 Å². The number of fused-ring (bicyclic) bond motifs is 8. The molecule has 10 rings (SSSR count). The van der Waals surface area contributed by atoms with Crippen LogP contribution >= 0.6 is 0 Å². The highest BCUT2D eigenvalue weighted by atomic mass is 14.4. The fourth-order valence-electron chi connectivity index (χ4n) is 8.89. The molecule has 1 aliphatic carbocycles. The van der Waals surface area contributed by atoms with E-state index >= 15 is 0 Å². The van der Waals surface area contributed by atoms with Crippen molar-refractivity contribution in [3.8, 4) is 44.5 Å². The largest absolute Gasteiger partial charge is 0.0622 e. The van der Waals surface area contributed by atoms with Crippen LogP contribution in [0.25, 0.3) is 87.6 Å². The Morgan fingerprint density at radius 3 is 1.51 bits per heavy atom. The number of benzene rings is 9. The van der Waals surface area contributed by atoms with Gasteiger partial charge in [0.25, 0.3) is 0 Å². The topological polar surface area (TPSA) is 0 Å². The summed E-state index contributed by atoms with van der Waals surface area (Å²) in [7, 11) is 0. The van der Waals surface area contributed by atoms with E-state index in [1.54, 1.807) is 0 Å². The third-order valence-corrected chi connectivity index (χ3v) is 11.0. The third kappa shape index (κ3) is 4.11. The molecule has 0 bridgehead atoms. The van der Waals surface area contributed by atoms with E-state index in [9.17, 15) is 0 Å². The van der Waals surface area contributed by atoms with Crippen LogP contribution in [0, 0.1) is 0 Å². The molecule has 9 aromatic carbocycles. The molecule has 0 saturated carbocycles. The van der Waals surface area contributed by atoms with Crippen molar-refractivity contribution in [2.24, 2.45) is 0 Å². The molecule has 1 aliphatic rings. The molecule has 0 heteroatoms. The third-order valence-electron chi connectivity index (χ3n) is 11.0. The zero-order valence-corrected chi connectivity index (χ0v) is 27.7. The molecule has 0 amide bonds. The molecular weight excluding hydrogens is 589 g/mol. The Morgan fingerprint density at radius 1 is 0.306 bits per heavy atom. The van der Waals surface area contributed by atoms with Gasteiger partial charge in [0.05, 0.1) is 0 Å². The Labute approximate surface area is 286 Å². The lowest BCUT2D eigenvalue weighted by Gasteiger charge is -2.27. The molecule has 0 aromatic heterocycles. The molecule has 0 radical (unpaired) electrons. The minimum absolute atomic E-state index is 0.167. The molecule has 0 nitrogen and oxygen atoms in total. The van der Waals surface area contributed by atoms with Crippen molar-refractivity contribution >= 4 is 43.1 Å². The van der Waals surface area contributed by atoms with Gasteiger partial charge in [-0.25, -0.2) is 0 Å². The Balaban J connectivity index is 1.22. The summed E-state index contributed by atoms with van der Waals surface area (Å²) in [5.41, 5.74) is 13.1. The number of rotatable bonds is 3. The maximum absolute atomic E-state index is 2.42. The van der Waals surface area contributed by atoms with E-state index in [0.717, 1.165) is 0 Å². The van der Waals surface area contributed by atoms with E-state index < -0.39 is 0 Å². The smallest absolute Gasteiger partial charge is 0.0171 e. The monoisotopic (exact) mass is 622 g/mol. The summed E-state index contributed by atoms with van der Waals surface area (Å²) in [6.07, 6.45) is 0. The van der Waals surface area contributed by atoms with Crippen LogP contribution < -0.4 is 0 Å². The maximum Gasteiger partial charge on any atom is 0.0171 e. The quantitative estimate of drug-likeness (QED) is 0.172. The van der Waals surface area contributed by atoms with Crippen molar-refractivity contribution in [3.05, 3.63) is 181 Å². The van der Waals surface area contributed by atoms with Gasteiger partial charge in [-0.05, 0) is 111 Å². The van der Waals surface area contributed by atoms with E-state index in [0.29, 0.717) is 0 Å². The number of hydrogen-bond donors (Lipinski definition) is 0. The van der Waals surface area contributed by atoms with Crippen molar-refractivity contribution in [1.82, 2.24) is 0 Å².